The van der Waals surface area contributed by atoms with Crippen LogP contribution < -0.4 is 0 Å². The van der Waals surface area contributed by atoms with Gasteiger partial charge in [-0.25, -0.2) is 0 Å². The van der Waals surface area contributed by atoms with Gasteiger partial charge in [-0.2, -0.15) is 5.10 Å². The van der Waals surface area contributed by atoms with Gasteiger partial charge in [0.2, 0.25) is 0 Å². The van der Waals surface area contributed by atoms with Crippen LogP contribution in [0.25, 0.3) is 0 Å². The molecule has 1 atom stereocenters. The first-order valence-corrected chi connectivity index (χ1v) is 7.41. The van der Waals surface area contributed by atoms with Gasteiger partial charge < -0.3 is 15.1 Å². The zero-order valence-corrected chi connectivity index (χ0v) is 13.7. The lowest BCUT2D eigenvalue weighted by Crippen LogP contribution is -2.36. The van der Waals surface area contributed by atoms with Crippen molar-refractivity contribution in [1.82, 2.24) is 14.7 Å². The van der Waals surface area contributed by atoms with Gasteiger partial charge in [0.05, 0.1) is 28.5 Å². The number of nitrogens with zero attached hydrogens (tertiary/aromatic N) is 3. The third-order valence-electron chi connectivity index (χ3n) is 3.58. The standard InChI is InChI=1S/C13H24BrN3O2/c1-5-13(19,6-2)12(18)11-10(14)9-15-17(11)8-7-16(3)4/h9,12,18-19H,5-8H2,1-4H3. The molecule has 0 amide bonds. The molecule has 110 valence electrons. The van der Waals surface area contributed by atoms with Gasteiger partial charge in [-0.15, -0.1) is 0 Å². The lowest BCUT2D eigenvalue weighted by molar-refractivity contribution is -0.0860. The molecule has 1 aromatic heterocycles. The van der Waals surface area contributed by atoms with Gasteiger partial charge in [-0.05, 0) is 42.9 Å². The molecule has 0 aliphatic rings. The Hall–Kier alpha value is -0.430. The van der Waals surface area contributed by atoms with Crippen LogP contribution in [0, 0.1) is 0 Å². The highest BCUT2D eigenvalue weighted by atomic mass is 79.9. The van der Waals surface area contributed by atoms with E-state index >= 15 is 0 Å². The van der Waals surface area contributed by atoms with Crippen LogP contribution in [0.4, 0.5) is 0 Å². The van der Waals surface area contributed by atoms with E-state index in [0.717, 1.165) is 11.0 Å². The summed E-state index contributed by atoms with van der Waals surface area (Å²) in [7, 11) is 3.98. The molecular weight excluding hydrogens is 310 g/mol. The van der Waals surface area contributed by atoms with E-state index in [-0.39, 0.29) is 0 Å². The van der Waals surface area contributed by atoms with Crippen molar-refractivity contribution in [2.24, 2.45) is 0 Å². The molecule has 1 unspecified atom stereocenters. The molecule has 1 heterocycles. The van der Waals surface area contributed by atoms with Crippen LogP contribution in [-0.2, 0) is 6.54 Å². The monoisotopic (exact) mass is 333 g/mol. The van der Waals surface area contributed by atoms with E-state index in [4.69, 9.17) is 0 Å². The van der Waals surface area contributed by atoms with E-state index < -0.39 is 11.7 Å². The Morgan fingerprint density at radius 1 is 1.42 bits per heavy atom. The summed E-state index contributed by atoms with van der Waals surface area (Å²) in [4.78, 5) is 2.05. The van der Waals surface area contributed by atoms with Crippen LogP contribution in [0.15, 0.2) is 10.7 Å². The molecule has 0 saturated carbocycles. The van der Waals surface area contributed by atoms with Crippen molar-refractivity contribution in [2.45, 2.75) is 44.9 Å². The first kappa shape index (κ1) is 16.6. The highest BCUT2D eigenvalue weighted by Gasteiger charge is 2.36. The Morgan fingerprint density at radius 3 is 2.47 bits per heavy atom. The molecule has 0 spiro atoms. The summed E-state index contributed by atoms with van der Waals surface area (Å²) in [6, 6.07) is 0. The SMILES string of the molecule is CCC(O)(CC)C(O)c1c(Br)cnn1CCN(C)C. The summed E-state index contributed by atoms with van der Waals surface area (Å²) in [5, 5.41) is 25.2. The first-order valence-electron chi connectivity index (χ1n) is 6.62. The number of aliphatic hydroxyl groups is 2. The minimum absolute atomic E-state index is 0.496. The molecular formula is C13H24BrN3O2. The first-order chi connectivity index (χ1) is 8.85. The molecule has 0 aromatic carbocycles. The minimum atomic E-state index is -1.11. The molecule has 1 aromatic rings. The number of halogens is 1. The zero-order valence-electron chi connectivity index (χ0n) is 12.1. The fraction of sp³-hybridized carbons (Fsp3) is 0.769. The van der Waals surface area contributed by atoms with Crippen molar-refractivity contribution in [3.05, 3.63) is 16.4 Å². The summed E-state index contributed by atoms with van der Waals surface area (Å²) in [6.45, 7) is 5.25. The third kappa shape index (κ3) is 3.78. The fourth-order valence-corrected chi connectivity index (χ4v) is 2.52. The molecule has 5 nitrogen and oxygen atoms in total. The maximum absolute atomic E-state index is 10.5. The van der Waals surface area contributed by atoms with Gasteiger partial charge in [-0.3, -0.25) is 4.68 Å². The second-order valence-corrected chi connectivity index (χ2v) is 5.97. The quantitative estimate of drug-likeness (QED) is 0.798. The predicted molar refractivity (Wildman–Crippen MR) is 79.0 cm³/mol. The van der Waals surface area contributed by atoms with Crippen LogP contribution >= 0.6 is 15.9 Å². The molecule has 0 bridgehead atoms. The second-order valence-electron chi connectivity index (χ2n) is 5.12. The number of rotatable bonds is 7. The fourth-order valence-electron chi connectivity index (χ4n) is 2.01. The van der Waals surface area contributed by atoms with Gasteiger partial charge in [0, 0.05) is 6.54 Å². The molecule has 0 radical (unpaired) electrons. The van der Waals surface area contributed by atoms with Crippen molar-refractivity contribution < 1.29 is 10.2 Å². The van der Waals surface area contributed by atoms with E-state index in [1.807, 2.05) is 27.9 Å². The molecule has 0 aliphatic carbocycles. The Bertz CT molecular complexity index is 403. The van der Waals surface area contributed by atoms with Crippen molar-refractivity contribution in [3.8, 4) is 0 Å². The number of hydrogen-bond donors (Lipinski definition) is 2. The predicted octanol–water partition coefficient (Wildman–Crippen LogP) is 1.79. The van der Waals surface area contributed by atoms with Gasteiger partial charge in [0.15, 0.2) is 0 Å². The highest BCUT2D eigenvalue weighted by molar-refractivity contribution is 9.10. The van der Waals surface area contributed by atoms with E-state index in [0.29, 0.717) is 25.1 Å². The summed E-state index contributed by atoms with van der Waals surface area (Å²) >= 11 is 3.41. The van der Waals surface area contributed by atoms with E-state index in [1.165, 1.54) is 0 Å². The third-order valence-corrected chi connectivity index (χ3v) is 4.20. The molecule has 6 heteroatoms. The minimum Gasteiger partial charge on any atom is -0.387 e. The second kappa shape index (κ2) is 6.83. The normalized spacial score (nSPS) is 14.1. The maximum Gasteiger partial charge on any atom is 0.125 e. The molecule has 19 heavy (non-hydrogen) atoms. The molecule has 0 aliphatic heterocycles. The Balaban J connectivity index is 3.01. The smallest absolute Gasteiger partial charge is 0.125 e. The van der Waals surface area contributed by atoms with Crippen molar-refractivity contribution in [3.63, 3.8) is 0 Å². The topological polar surface area (TPSA) is 61.5 Å². The van der Waals surface area contributed by atoms with Gasteiger partial charge in [-0.1, -0.05) is 13.8 Å². The highest BCUT2D eigenvalue weighted by Crippen LogP contribution is 2.35. The molecule has 2 N–H and O–H groups in total. The van der Waals surface area contributed by atoms with Crippen molar-refractivity contribution in [1.29, 1.82) is 0 Å². The number of aliphatic hydroxyl groups excluding tert-OH is 1. The van der Waals surface area contributed by atoms with E-state index in [9.17, 15) is 10.2 Å². The molecule has 0 saturated heterocycles. The zero-order chi connectivity index (χ0) is 14.6. The van der Waals surface area contributed by atoms with Crippen LogP contribution in [0.2, 0.25) is 0 Å². The van der Waals surface area contributed by atoms with E-state index in [1.54, 1.807) is 10.9 Å². The lowest BCUT2D eigenvalue weighted by Gasteiger charge is -2.31. The van der Waals surface area contributed by atoms with Crippen LogP contribution in [-0.4, -0.2) is 51.1 Å². The van der Waals surface area contributed by atoms with Crippen LogP contribution in [0.5, 0.6) is 0 Å². The molecule has 1 rings (SSSR count). The Morgan fingerprint density at radius 2 is 2.00 bits per heavy atom. The Kier molecular flexibility index (Phi) is 5.98. The van der Waals surface area contributed by atoms with Crippen LogP contribution in [0.1, 0.15) is 38.5 Å². The largest absolute Gasteiger partial charge is 0.387 e. The Labute approximate surface area is 123 Å². The summed E-state index contributed by atoms with van der Waals surface area (Å²) in [5.74, 6) is 0. The summed E-state index contributed by atoms with van der Waals surface area (Å²) in [6.07, 6.45) is 1.72. The van der Waals surface area contributed by atoms with Crippen molar-refractivity contribution in [2.75, 3.05) is 20.6 Å². The average molecular weight is 334 g/mol. The van der Waals surface area contributed by atoms with Crippen molar-refractivity contribution >= 4 is 15.9 Å². The summed E-state index contributed by atoms with van der Waals surface area (Å²) < 4.78 is 2.49. The number of likely N-dealkylation sites (N-methyl/N-ethyl adjacent to an activating group) is 1. The lowest BCUT2D eigenvalue weighted by atomic mass is 9.89. The maximum atomic E-state index is 10.5. The molecule has 0 fully saturated rings. The summed E-state index contributed by atoms with van der Waals surface area (Å²) in [5.41, 5.74) is -0.466. The average Bonchev–Trinajstić information content (AvgIpc) is 2.75. The van der Waals surface area contributed by atoms with Gasteiger partial charge in [0.1, 0.15) is 6.10 Å². The van der Waals surface area contributed by atoms with E-state index in [2.05, 4.69) is 25.9 Å². The van der Waals surface area contributed by atoms with Crippen LogP contribution in [0.3, 0.4) is 0 Å². The number of hydrogen-bond acceptors (Lipinski definition) is 4. The van der Waals surface area contributed by atoms with Gasteiger partial charge >= 0.3 is 0 Å². The van der Waals surface area contributed by atoms with Gasteiger partial charge in [0.25, 0.3) is 0 Å². The number of aromatic nitrogens is 2.